The highest BCUT2D eigenvalue weighted by atomic mass is 16.6. The summed E-state index contributed by atoms with van der Waals surface area (Å²) in [7, 11) is 0. The Labute approximate surface area is 121 Å². The molecule has 0 radical (unpaired) electrons. The Morgan fingerprint density at radius 2 is 2.10 bits per heavy atom. The van der Waals surface area contributed by atoms with Crippen LogP contribution in [0.25, 0.3) is 0 Å². The summed E-state index contributed by atoms with van der Waals surface area (Å²) in [6.07, 6.45) is 4.51. The van der Waals surface area contributed by atoms with Crippen LogP contribution in [0, 0.1) is 0 Å². The standard InChI is InChI=1S/C15H27NO4/c1-15(2,3)20-14(18)12-16-8-7-13(11-16)19-10-6-4-5-9-17/h9,13H,4-8,10-12H2,1-3H3/t13-/m1/s1. The maximum Gasteiger partial charge on any atom is 0.320 e. The summed E-state index contributed by atoms with van der Waals surface area (Å²) >= 11 is 0. The van der Waals surface area contributed by atoms with Crippen molar-refractivity contribution in [2.45, 2.75) is 58.2 Å². The number of nitrogens with zero attached hydrogens (tertiary/aromatic N) is 1. The molecule has 1 saturated heterocycles. The van der Waals surface area contributed by atoms with Crippen molar-refractivity contribution in [2.75, 3.05) is 26.2 Å². The number of carbonyl (C=O) groups is 2. The Morgan fingerprint density at radius 3 is 2.75 bits per heavy atom. The van der Waals surface area contributed by atoms with Gasteiger partial charge in [0.05, 0.1) is 12.6 Å². The largest absolute Gasteiger partial charge is 0.459 e. The fourth-order valence-corrected chi connectivity index (χ4v) is 2.21. The van der Waals surface area contributed by atoms with Gasteiger partial charge < -0.3 is 14.3 Å². The number of hydrogen-bond acceptors (Lipinski definition) is 5. The SMILES string of the molecule is CC(C)(C)OC(=O)CN1CC[C@@H](OCCCCC=O)C1. The van der Waals surface area contributed by atoms with Crippen LogP contribution in [0.1, 0.15) is 46.5 Å². The van der Waals surface area contributed by atoms with Gasteiger partial charge >= 0.3 is 5.97 Å². The summed E-state index contributed by atoms with van der Waals surface area (Å²) in [6, 6.07) is 0. The second kappa shape index (κ2) is 8.37. The monoisotopic (exact) mass is 285 g/mol. The van der Waals surface area contributed by atoms with Crippen LogP contribution in [0.5, 0.6) is 0 Å². The predicted octanol–water partition coefficient (Wildman–Crippen LogP) is 1.79. The van der Waals surface area contributed by atoms with Crippen LogP contribution in [0.2, 0.25) is 0 Å². The molecule has 5 heteroatoms. The topological polar surface area (TPSA) is 55.8 Å². The number of hydrogen-bond donors (Lipinski definition) is 0. The first-order valence-corrected chi connectivity index (χ1v) is 7.40. The summed E-state index contributed by atoms with van der Waals surface area (Å²) < 4.78 is 11.1. The quantitative estimate of drug-likeness (QED) is 0.386. The van der Waals surface area contributed by atoms with E-state index in [1.165, 1.54) is 0 Å². The molecule has 5 nitrogen and oxygen atoms in total. The molecule has 0 amide bonds. The number of esters is 1. The van der Waals surface area contributed by atoms with Crippen molar-refractivity contribution in [3.63, 3.8) is 0 Å². The van der Waals surface area contributed by atoms with Crippen molar-refractivity contribution >= 4 is 12.3 Å². The third-order valence-corrected chi connectivity index (χ3v) is 3.07. The highest BCUT2D eigenvalue weighted by molar-refractivity contribution is 5.72. The van der Waals surface area contributed by atoms with E-state index in [1.807, 2.05) is 20.8 Å². The third kappa shape index (κ3) is 7.60. The molecular formula is C15H27NO4. The molecule has 0 aliphatic carbocycles. The van der Waals surface area contributed by atoms with Gasteiger partial charge in [0.25, 0.3) is 0 Å². The maximum absolute atomic E-state index is 11.7. The van der Waals surface area contributed by atoms with E-state index in [9.17, 15) is 9.59 Å². The molecule has 1 aliphatic rings. The van der Waals surface area contributed by atoms with E-state index in [2.05, 4.69) is 4.90 Å². The van der Waals surface area contributed by atoms with Gasteiger partial charge in [0.15, 0.2) is 0 Å². The average Bonchev–Trinajstić information content (AvgIpc) is 2.74. The molecule has 0 aromatic heterocycles. The minimum Gasteiger partial charge on any atom is -0.459 e. The van der Waals surface area contributed by atoms with Crippen molar-refractivity contribution in [3.8, 4) is 0 Å². The molecule has 0 spiro atoms. The maximum atomic E-state index is 11.7. The molecule has 0 N–H and O–H groups in total. The average molecular weight is 285 g/mol. The van der Waals surface area contributed by atoms with Crippen molar-refractivity contribution in [2.24, 2.45) is 0 Å². The van der Waals surface area contributed by atoms with Gasteiger partial charge in [-0.2, -0.15) is 0 Å². The highest BCUT2D eigenvalue weighted by Gasteiger charge is 2.26. The molecule has 0 aromatic carbocycles. The summed E-state index contributed by atoms with van der Waals surface area (Å²) in [4.78, 5) is 24.0. The number of likely N-dealkylation sites (tertiary alicyclic amines) is 1. The van der Waals surface area contributed by atoms with Crippen molar-refractivity contribution in [1.82, 2.24) is 4.90 Å². The minimum atomic E-state index is -0.425. The van der Waals surface area contributed by atoms with E-state index in [0.29, 0.717) is 19.6 Å². The Morgan fingerprint density at radius 1 is 1.35 bits per heavy atom. The van der Waals surface area contributed by atoms with E-state index in [1.54, 1.807) is 0 Å². The van der Waals surface area contributed by atoms with Crippen LogP contribution in [-0.2, 0) is 19.1 Å². The Bertz CT molecular complexity index is 311. The molecule has 0 aromatic rings. The van der Waals surface area contributed by atoms with Gasteiger partial charge in [-0.25, -0.2) is 0 Å². The van der Waals surface area contributed by atoms with E-state index >= 15 is 0 Å². The molecule has 20 heavy (non-hydrogen) atoms. The van der Waals surface area contributed by atoms with Crippen LogP contribution < -0.4 is 0 Å². The van der Waals surface area contributed by atoms with Crippen molar-refractivity contribution < 1.29 is 19.1 Å². The molecular weight excluding hydrogens is 258 g/mol. The van der Waals surface area contributed by atoms with Gasteiger partial charge in [-0.05, 0) is 40.0 Å². The molecule has 1 rings (SSSR count). The first kappa shape index (κ1) is 17.1. The molecule has 1 aliphatic heterocycles. The summed E-state index contributed by atoms with van der Waals surface area (Å²) in [5, 5.41) is 0. The van der Waals surface area contributed by atoms with Crippen molar-refractivity contribution in [3.05, 3.63) is 0 Å². The van der Waals surface area contributed by atoms with E-state index in [-0.39, 0.29) is 12.1 Å². The predicted molar refractivity (Wildman–Crippen MR) is 76.6 cm³/mol. The van der Waals surface area contributed by atoms with Crippen LogP contribution in [0.3, 0.4) is 0 Å². The zero-order chi connectivity index (χ0) is 15.0. The highest BCUT2D eigenvalue weighted by Crippen LogP contribution is 2.14. The number of carbonyl (C=O) groups excluding carboxylic acids is 2. The molecule has 0 unspecified atom stereocenters. The lowest BCUT2D eigenvalue weighted by Gasteiger charge is -2.22. The van der Waals surface area contributed by atoms with Gasteiger partial charge in [0, 0.05) is 26.1 Å². The van der Waals surface area contributed by atoms with Crippen LogP contribution >= 0.6 is 0 Å². The smallest absolute Gasteiger partial charge is 0.320 e. The lowest BCUT2D eigenvalue weighted by molar-refractivity contribution is -0.155. The Kier molecular flexibility index (Phi) is 7.16. The Hall–Kier alpha value is -0.940. The first-order chi connectivity index (χ1) is 9.40. The van der Waals surface area contributed by atoms with E-state index < -0.39 is 5.60 Å². The molecule has 116 valence electrons. The summed E-state index contributed by atoms with van der Waals surface area (Å²) in [6.45, 7) is 8.31. The van der Waals surface area contributed by atoms with Crippen LogP contribution in [0.4, 0.5) is 0 Å². The molecule has 1 heterocycles. The number of rotatable bonds is 8. The number of ether oxygens (including phenoxy) is 2. The third-order valence-electron chi connectivity index (χ3n) is 3.07. The number of unbranched alkanes of at least 4 members (excludes halogenated alkanes) is 2. The zero-order valence-electron chi connectivity index (χ0n) is 12.9. The van der Waals surface area contributed by atoms with Gasteiger partial charge in [-0.15, -0.1) is 0 Å². The molecule has 1 fully saturated rings. The first-order valence-electron chi connectivity index (χ1n) is 7.40. The lowest BCUT2D eigenvalue weighted by atomic mass is 10.2. The molecule has 0 saturated carbocycles. The second-order valence-electron chi connectivity index (χ2n) is 6.27. The fourth-order valence-electron chi connectivity index (χ4n) is 2.21. The van der Waals surface area contributed by atoms with E-state index in [0.717, 1.165) is 38.6 Å². The lowest BCUT2D eigenvalue weighted by Crippen LogP contribution is -2.34. The zero-order valence-corrected chi connectivity index (χ0v) is 12.9. The number of aldehydes is 1. The van der Waals surface area contributed by atoms with E-state index in [4.69, 9.17) is 9.47 Å². The molecule has 1 atom stereocenters. The van der Waals surface area contributed by atoms with Crippen LogP contribution in [0.15, 0.2) is 0 Å². The summed E-state index contributed by atoms with van der Waals surface area (Å²) in [5.41, 5.74) is -0.425. The van der Waals surface area contributed by atoms with Gasteiger partial charge in [0.1, 0.15) is 11.9 Å². The fraction of sp³-hybridized carbons (Fsp3) is 0.867. The normalized spacial score (nSPS) is 20.1. The summed E-state index contributed by atoms with van der Waals surface area (Å²) in [5.74, 6) is -0.177. The molecule has 0 bridgehead atoms. The van der Waals surface area contributed by atoms with Crippen molar-refractivity contribution in [1.29, 1.82) is 0 Å². The van der Waals surface area contributed by atoms with Gasteiger partial charge in [0.2, 0.25) is 0 Å². The van der Waals surface area contributed by atoms with Gasteiger partial charge in [-0.1, -0.05) is 0 Å². The van der Waals surface area contributed by atoms with Gasteiger partial charge in [-0.3, -0.25) is 9.69 Å². The van der Waals surface area contributed by atoms with Crippen LogP contribution in [-0.4, -0.2) is 55.1 Å². The second-order valence-corrected chi connectivity index (χ2v) is 6.27. The Balaban J connectivity index is 2.13. The minimum absolute atomic E-state index is 0.177.